The normalized spacial score (nSPS) is 15.1. The molecule has 2 heteroatoms. The van der Waals surface area contributed by atoms with Crippen LogP contribution in [0, 0.1) is 32.1 Å². The van der Waals surface area contributed by atoms with E-state index in [1.54, 1.807) is 0 Å². The van der Waals surface area contributed by atoms with Crippen LogP contribution < -0.4 is 9.80 Å². The summed E-state index contributed by atoms with van der Waals surface area (Å²) in [5.41, 5.74) is 14.2. The van der Waals surface area contributed by atoms with Crippen LogP contribution in [-0.2, 0) is 0 Å². The van der Waals surface area contributed by atoms with Gasteiger partial charge in [0.05, 0.1) is 0 Å². The molecule has 0 bridgehead atoms. The number of rotatable bonds is 10. The van der Waals surface area contributed by atoms with E-state index in [0.29, 0.717) is 0 Å². The molecule has 0 fully saturated rings. The molecule has 1 aliphatic rings. The van der Waals surface area contributed by atoms with Crippen molar-refractivity contribution < 1.29 is 0 Å². The van der Waals surface area contributed by atoms with Crippen LogP contribution in [-0.4, -0.2) is 0 Å². The molecule has 0 N–H and O–H groups in total. The van der Waals surface area contributed by atoms with E-state index in [4.69, 9.17) is 0 Å². The van der Waals surface area contributed by atoms with Crippen molar-refractivity contribution in [3.8, 4) is 0 Å². The third-order valence-corrected chi connectivity index (χ3v) is 10.0. The molecule has 2 nitrogen and oxygen atoms in total. The van der Waals surface area contributed by atoms with Gasteiger partial charge in [-0.2, -0.15) is 0 Å². The van der Waals surface area contributed by atoms with Gasteiger partial charge in [0.15, 0.2) is 0 Å². The van der Waals surface area contributed by atoms with Crippen molar-refractivity contribution in [2.45, 2.75) is 34.6 Å². The minimum atomic E-state index is -0.0753. The van der Waals surface area contributed by atoms with Crippen LogP contribution in [0.15, 0.2) is 182 Å². The quantitative estimate of drug-likeness (QED) is 0.132. The highest BCUT2D eigenvalue weighted by molar-refractivity contribution is 5.80. The van der Waals surface area contributed by atoms with Crippen molar-refractivity contribution >= 4 is 46.7 Å². The van der Waals surface area contributed by atoms with E-state index in [2.05, 4.69) is 239 Å². The Morgan fingerprint density at radius 2 is 1.04 bits per heavy atom. The number of anilines is 5. The predicted molar refractivity (Wildman–Crippen MR) is 229 cm³/mol. The molecule has 1 unspecified atom stereocenters. The van der Waals surface area contributed by atoms with Gasteiger partial charge in [-0.25, -0.2) is 0 Å². The second kappa shape index (κ2) is 15.6. The van der Waals surface area contributed by atoms with E-state index < -0.39 is 0 Å². The van der Waals surface area contributed by atoms with Crippen LogP contribution in [0.3, 0.4) is 0 Å². The monoisotopic (exact) mass is 688 g/mol. The molecule has 0 saturated carbocycles. The first kappa shape index (κ1) is 35.3. The largest absolute Gasteiger partial charge is 0.311 e. The third-order valence-electron chi connectivity index (χ3n) is 10.0. The topological polar surface area (TPSA) is 6.48 Å². The molecule has 0 saturated heterocycles. The van der Waals surface area contributed by atoms with E-state index in [9.17, 15) is 0 Å². The van der Waals surface area contributed by atoms with Crippen molar-refractivity contribution in [3.05, 3.63) is 215 Å². The average Bonchev–Trinajstić information content (AvgIpc) is 3.15. The molecular weight excluding hydrogens is 641 g/mol. The maximum Gasteiger partial charge on any atom is 0.0464 e. The van der Waals surface area contributed by atoms with Gasteiger partial charge in [-0.05, 0) is 132 Å². The number of benzene rings is 6. The zero-order valence-corrected chi connectivity index (χ0v) is 31.4. The summed E-state index contributed by atoms with van der Waals surface area (Å²) in [7, 11) is 0. The van der Waals surface area contributed by atoms with Gasteiger partial charge in [0, 0.05) is 40.1 Å². The van der Waals surface area contributed by atoms with Crippen LogP contribution in [0.25, 0.3) is 18.2 Å². The highest BCUT2D eigenvalue weighted by Crippen LogP contribution is 2.41. The van der Waals surface area contributed by atoms with Crippen molar-refractivity contribution in [1.29, 1.82) is 0 Å². The summed E-state index contributed by atoms with van der Waals surface area (Å²) in [4.78, 5) is 4.69. The predicted octanol–water partition coefficient (Wildman–Crippen LogP) is 14.2. The minimum Gasteiger partial charge on any atom is -0.311 e. The van der Waals surface area contributed by atoms with E-state index in [1.807, 2.05) is 0 Å². The number of hydrogen-bond acceptors (Lipinski definition) is 2. The Morgan fingerprint density at radius 3 is 1.64 bits per heavy atom. The molecular formula is C51H48N2. The second-order valence-electron chi connectivity index (χ2n) is 14.7. The third kappa shape index (κ3) is 8.35. The lowest BCUT2D eigenvalue weighted by atomic mass is 9.75. The van der Waals surface area contributed by atoms with Crippen molar-refractivity contribution in [1.82, 2.24) is 0 Å². The van der Waals surface area contributed by atoms with Gasteiger partial charge in [0.25, 0.3) is 0 Å². The first-order valence-corrected chi connectivity index (χ1v) is 18.6. The maximum absolute atomic E-state index is 2.42. The summed E-state index contributed by atoms with van der Waals surface area (Å²) in [6, 6.07) is 54.2. The molecule has 53 heavy (non-hydrogen) atoms. The Balaban J connectivity index is 1.08. The lowest BCUT2D eigenvalue weighted by Gasteiger charge is -2.36. The number of allylic oxidation sites excluding steroid dienone is 4. The number of nitrogens with zero attached hydrogens (tertiary/aromatic N) is 2. The molecule has 0 aromatic heterocycles. The molecule has 0 radical (unpaired) electrons. The number of aryl methyl sites for hydroxylation is 3. The lowest BCUT2D eigenvalue weighted by molar-refractivity contribution is 0.395. The van der Waals surface area contributed by atoms with Gasteiger partial charge in [0.2, 0.25) is 0 Å². The molecule has 0 spiro atoms. The smallest absolute Gasteiger partial charge is 0.0464 e. The zero-order chi connectivity index (χ0) is 36.8. The highest BCUT2D eigenvalue weighted by Gasteiger charge is 2.29. The van der Waals surface area contributed by atoms with Gasteiger partial charge in [0.1, 0.15) is 0 Å². The Bertz CT molecular complexity index is 2310. The Morgan fingerprint density at radius 1 is 0.491 bits per heavy atom. The molecule has 1 aliphatic carbocycles. The molecule has 0 amide bonds. The summed E-state index contributed by atoms with van der Waals surface area (Å²) < 4.78 is 0. The molecule has 262 valence electrons. The molecule has 7 rings (SSSR count). The lowest BCUT2D eigenvalue weighted by Crippen LogP contribution is -2.26. The van der Waals surface area contributed by atoms with Crippen LogP contribution >= 0.6 is 0 Å². The van der Waals surface area contributed by atoms with Gasteiger partial charge in [-0.1, -0.05) is 135 Å². The summed E-state index contributed by atoms with van der Waals surface area (Å²) in [5, 5.41) is 0. The molecule has 1 atom stereocenters. The van der Waals surface area contributed by atoms with Crippen LogP contribution in [0.5, 0.6) is 0 Å². The fourth-order valence-corrected chi connectivity index (χ4v) is 7.16. The van der Waals surface area contributed by atoms with Gasteiger partial charge in [-0.15, -0.1) is 0 Å². The molecule has 0 heterocycles. The molecule has 0 aliphatic heterocycles. The van der Waals surface area contributed by atoms with Gasteiger partial charge >= 0.3 is 0 Å². The summed E-state index contributed by atoms with van der Waals surface area (Å²) in [5.74, 6) is 0.261. The van der Waals surface area contributed by atoms with Crippen molar-refractivity contribution in [3.63, 3.8) is 0 Å². The SMILES string of the molecule is Cc1cccc(N(C2=CC(C)(C)C(/C=C/c3cccc(/C=C\c4ccc(N(c5ccccc5)c5cccc(C)c5)cc4C)c3)C=C2)c2ccccc2)c1. The van der Waals surface area contributed by atoms with E-state index in [1.165, 1.54) is 44.8 Å². The van der Waals surface area contributed by atoms with Gasteiger partial charge in [-0.3, -0.25) is 0 Å². The highest BCUT2D eigenvalue weighted by atomic mass is 15.1. The van der Waals surface area contributed by atoms with E-state index >= 15 is 0 Å². The van der Waals surface area contributed by atoms with Crippen molar-refractivity contribution in [2.24, 2.45) is 11.3 Å². The summed E-state index contributed by atoms with van der Waals surface area (Å²) in [6.45, 7) is 11.2. The molecule has 6 aromatic rings. The minimum absolute atomic E-state index is 0.0753. The standard InChI is InChI=1S/C51H48N2/c1-38-15-12-23-47(33-38)52(45-19-8-6-9-20-45)49-31-28-43(40(3)35-49)27-25-41-17-14-18-42(36-41)26-29-44-30-32-50(37-51(44,4)5)53(46-21-10-7-11-22-46)48-24-13-16-39(2)34-48/h6-37,44H,1-5H3/b27-25-,29-26+. The van der Waals surface area contributed by atoms with Crippen molar-refractivity contribution in [2.75, 3.05) is 9.80 Å². The average molecular weight is 689 g/mol. The summed E-state index contributed by atoms with van der Waals surface area (Å²) >= 11 is 0. The van der Waals surface area contributed by atoms with E-state index in [-0.39, 0.29) is 11.3 Å². The first-order chi connectivity index (χ1) is 25.7. The fraction of sp³-hybridized carbons (Fsp3) is 0.137. The Kier molecular flexibility index (Phi) is 10.4. The van der Waals surface area contributed by atoms with Crippen LogP contribution in [0.4, 0.5) is 28.4 Å². The van der Waals surface area contributed by atoms with E-state index in [0.717, 1.165) is 22.7 Å². The maximum atomic E-state index is 2.42. The Labute approximate surface area is 316 Å². The van der Waals surface area contributed by atoms with Gasteiger partial charge < -0.3 is 9.80 Å². The second-order valence-corrected chi connectivity index (χ2v) is 14.7. The first-order valence-electron chi connectivity index (χ1n) is 18.6. The zero-order valence-electron chi connectivity index (χ0n) is 31.4. The number of hydrogen-bond donors (Lipinski definition) is 0. The molecule has 6 aromatic carbocycles. The Hall–Kier alpha value is -6.12. The summed E-state index contributed by atoms with van der Waals surface area (Å²) in [6.07, 6.45) is 16.1. The van der Waals surface area contributed by atoms with Crippen LogP contribution in [0.1, 0.15) is 47.2 Å². The van der Waals surface area contributed by atoms with Crippen LogP contribution in [0.2, 0.25) is 0 Å². The fourth-order valence-electron chi connectivity index (χ4n) is 7.16. The number of para-hydroxylation sites is 2.